The topological polar surface area (TPSA) is 62.3 Å². The Kier molecular flexibility index (Phi) is 8.17. The molecule has 218 valence electrons. The Bertz CT molecular complexity index is 1460. The number of morpholine rings is 1. The van der Waals surface area contributed by atoms with Crippen LogP contribution in [0.2, 0.25) is 0 Å². The van der Waals surface area contributed by atoms with Crippen LogP contribution in [0, 0.1) is 6.92 Å². The van der Waals surface area contributed by atoms with Crippen LogP contribution in [0.25, 0.3) is 6.08 Å². The van der Waals surface area contributed by atoms with Crippen molar-refractivity contribution < 1.29 is 19.1 Å². The zero-order valence-electron chi connectivity index (χ0n) is 24.5. The van der Waals surface area contributed by atoms with Crippen molar-refractivity contribution in [2.75, 3.05) is 38.2 Å². The smallest absolute Gasteiger partial charge is 0.289 e. The summed E-state index contributed by atoms with van der Waals surface area (Å²) in [6.45, 7) is 5.44. The Morgan fingerprint density at radius 1 is 0.952 bits per heavy atom. The Hall–Kier alpha value is -4.26. The van der Waals surface area contributed by atoms with E-state index in [0.29, 0.717) is 31.0 Å². The van der Waals surface area contributed by atoms with Gasteiger partial charge in [-0.3, -0.25) is 9.59 Å². The van der Waals surface area contributed by atoms with Gasteiger partial charge < -0.3 is 24.2 Å². The quantitative estimate of drug-likeness (QED) is 0.360. The van der Waals surface area contributed by atoms with Gasteiger partial charge in [0, 0.05) is 38.3 Å². The zero-order valence-corrected chi connectivity index (χ0v) is 24.5. The molecule has 42 heavy (non-hydrogen) atoms. The summed E-state index contributed by atoms with van der Waals surface area (Å²) in [5.74, 6) is 1.19. The molecule has 2 atom stereocenters. The molecule has 7 nitrogen and oxygen atoms in total. The maximum atomic E-state index is 13.7. The molecule has 2 saturated heterocycles. The lowest BCUT2D eigenvalue weighted by molar-refractivity contribution is -0.149. The molecular weight excluding hydrogens is 526 g/mol. The second-order valence-electron chi connectivity index (χ2n) is 11.5. The molecule has 0 bridgehead atoms. The maximum absolute atomic E-state index is 13.7. The highest BCUT2D eigenvalue weighted by Gasteiger charge is 2.41. The van der Waals surface area contributed by atoms with Gasteiger partial charge >= 0.3 is 0 Å². The van der Waals surface area contributed by atoms with Crippen molar-refractivity contribution in [2.45, 2.75) is 51.3 Å². The number of aryl methyl sites for hydroxylation is 1. The van der Waals surface area contributed by atoms with Crippen LogP contribution in [-0.4, -0.2) is 67.0 Å². The molecule has 0 spiro atoms. The molecule has 2 heterocycles. The highest BCUT2D eigenvalue weighted by molar-refractivity contribution is 5.97. The number of para-hydroxylation sites is 2. The molecule has 1 aliphatic carbocycles. The van der Waals surface area contributed by atoms with E-state index in [1.54, 1.807) is 7.11 Å². The molecule has 0 N–H and O–H groups in total. The average molecular weight is 566 g/mol. The summed E-state index contributed by atoms with van der Waals surface area (Å²) in [6, 6.07) is 24.0. The minimum absolute atomic E-state index is 0.0166. The number of ether oxygens (including phenoxy) is 2. The van der Waals surface area contributed by atoms with Crippen LogP contribution in [0.1, 0.15) is 52.7 Å². The van der Waals surface area contributed by atoms with E-state index in [2.05, 4.69) is 36.1 Å². The Morgan fingerprint density at radius 3 is 2.48 bits per heavy atom. The number of amides is 2. The van der Waals surface area contributed by atoms with E-state index in [-0.39, 0.29) is 24.0 Å². The summed E-state index contributed by atoms with van der Waals surface area (Å²) in [4.78, 5) is 33.2. The number of fused-ring (bicyclic) bond motifs is 1. The Labute approximate surface area is 248 Å². The lowest BCUT2D eigenvalue weighted by Crippen LogP contribution is -2.54. The van der Waals surface area contributed by atoms with Crippen molar-refractivity contribution in [1.29, 1.82) is 0 Å². The molecule has 3 aromatic carbocycles. The second-order valence-corrected chi connectivity index (χ2v) is 11.5. The van der Waals surface area contributed by atoms with E-state index in [1.165, 1.54) is 5.56 Å². The highest BCUT2D eigenvalue weighted by Crippen LogP contribution is 2.34. The van der Waals surface area contributed by atoms with E-state index in [1.807, 2.05) is 64.4 Å². The van der Waals surface area contributed by atoms with Gasteiger partial charge in [-0.1, -0.05) is 60.5 Å². The van der Waals surface area contributed by atoms with Crippen LogP contribution in [0.5, 0.6) is 5.75 Å². The Morgan fingerprint density at radius 2 is 1.71 bits per heavy atom. The van der Waals surface area contributed by atoms with E-state index < -0.39 is 0 Å². The third-order valence-corrected chi connectivity index (χ3v) is 8.70. The van der Waals surface area contributed by atoms with Crippen LogP contribution < -0.4 is 9.64 Å². The predicted octanol–water partition coefficient (Wildman–Crippen LogP) is 5.68. The van der Waals surface area contributed by atoms with Crippen molar-refractivity contribution in [3.8, 4) is 5.75 Å². The van der Waals surface area contributed by atoms with Crippen molar-refractivity contribution in [3.05, 3.63) is 101 Å². The number of piperazine rings is 1. The number of carbonyl (C=O) groups is 2. The van der Waals surface area contributed by atoms with Gasteiger partial charge in [0.15, 0.2) is 5.76 Å². The van der Waals surface area contributed by atoms with E-state index in [4.69, 9.17) is 9.47 Å². The first-order valence-electron chi connectivity index (χ1n) is 15.0. The van der Waals surface area contributed by atoms with Gasteiger partial charge in [-0.15, -0.1) is 0 Å². The van der Waals surface area contributed by atoms with Gasteiger partial charge in [-0.2, -0.15) is 0 Å². The number of methoxy groups -OCH3 is 1. The van der Waals surface area contributed by atoms with Crippen molar-refractivity contribution in [2.24, 2.45) is 0 Å². The summed E-state index contributed by atoms with van der Waals surface area (Å²) in [5.41, 5.74) is 4.88. The Balaban J connectivity index is 1.13. The number of hydrogen-bond acceptors (Lipinski definition) is 5. The van der Waals surface area contributed by atoms with Gasteiger partial charge in [0.05, 0.1) is 18.8 Å². The molecule has 2 amide bonds. The van der Waals surface area contributed by atoms with Crippen LogP contribution in [-0.2, 0) is 16.1 Å². The van der Waals surface area contributed by atoms with Crippen molar-refractivity contribution in [1.82, 2.24) is 9.80 Å². The molecule has 3 aliphatic rings. The minimum atomic E-state index is -0.0623. The molecule has 0 aromatic heterocycles. The normalized spacial score (nSPS) is 21.6. The number of carbonyl (C=O) groups excluding carboxylic acids is 2. The monoisotopic (exact) mass is 565 g/mol. The number of benzene rings is 3. The third-order valence-electron chi connectivity index (χ3n) is 8.70. The first-order chi connectivity index (χ1) is 20.5. The van der Waals surface area contributed by atoms with Gasteiger partial charge in [0.2, 0.25) is 0 Å². The molecule has 2 unspecified atom stereocenters. The highest BCUT2D eigenvalue weighted by atomic mass is 16.5. The average Bonchev–Trinajstić information content (AvgIpc) is 3.03. The SMILES string of the molecule is COc1ccccc1N1CCN(C(=O)c2ccc(/C=C3/OC4CCCCC4N(Cc4cccc(C)c4)C3=O)cc2)CC1. The maximum Gasteiger partial charge on any atom is 0.289 e. The van der Waals surface area contributed by atoms with E-state index in [0.717, 1.165) is 61.3 Å². The number of nitrogens with zero attached hydrogens (tertiary/aromatic N) is 3. The number of hydrogen-bond donors (Lipinski definition) is 0. The fourth-order valence-electron chi connectivity index (χ4n) is 6.47. The van der Waals surface area contributed by atoms with Crippen LogP contribution in [0.3, 0.4) is 0 Å². The fraction of sp³-hybridized carbons (Fsp3) is 0.371. The van der Waals surface area contributed by atoms with Crippen LogP contribution in [0.15, 0.2) is 78.6 Å². The largest absolute Gasteiger partial charge is 0.495 e. The standard InChI is InChI=1S/C35H39N3O4/c1-25-8-7-9-27(22-25)24-38-30-11-4-6-13-32(30)42-33(35(38)40)23-26-14-16-28(17-15-26)34(39)37-20-18-36(19-21-37)29-10-3-5-12-31(29)41-2/h3,5,7-10,12,14-17,22-23,30,32H,4,6,11,13,18-21,24H2,1-2H3/b33-23+. The van der Waals surface area contributed by atoms with E-state index in [9.17, 15) is 9.59 Å². The zero-order chi connectivity index (χ0) is 29.1. The number of anilines is 1. The first-order valence-corrected chi connectivity index (χ1v) is 15.0. The van der Waals surface area contributed by atoms with Gasteiger partial charge in [0.1, 0.15) is 11.9 Å². The summed E-state index contributed by atoms with van der Waals surface area (Å²) in [7, 11) is 1.68. The van der Waals surface area contributed by atoms with Crippen LogP contribution in [0.4, 0.5) is 5.69 Å². The van der Waals surface area contributed by atoms with Gasteiger partial charge in [-0.05, 0) is 67.7 Å². The summed E-state index contributed by atoms with van der Waals surface area (Å²) in [5, 5.41) is 0. The van der Waals surface area contributed by atoms with Crippen molar-refractivity contribution in [3.63, 3.8) is 0 Å². The third kappa shape index (κ3) is 5.87. The molecule has 3 fully saturated rings. The van der Waals surface area contributed by atoms with E-state index >= 15 is 0 Å². The van der Waals surface area contributed by atoms with Gasteiger partial charge in [0.25, 0.3) is 11.8 Å². The molecule has 6 rings (SSSR count). The molecule has 7 heteroatoms. The predicted molar refractivity (Wildman–Crippen MR) is 164 cm³/mol. The summed E-state index contributed by atoms with van der Waals surface area (Å²) in [6.07, 6.45) is 6.01. The second kappa shape index (κ2) is 12.3. The lowest BCUT2D eigenvalue weighted by atomic mass is 9.89. The minimum Gasteiger partial charge on any atom is -0.495 e. The molecule has 2 aliphatic heterocycles. The summed E-state index contributed by atoms with van der Waals surface area (Å²) >= 11 is 0. The van der Waals surface area contributed by atoms with Crippen molar-refractivity contribution >= 4 is 23.6 Å². The lowest BCUT2D eigenvalue weighted by Gasteiger charge is -2.44. The molecule has 3 aromatic rings. The van der Waals surface area contributed by atoms with Crippen LogP contribution >= 0.6 is 0 Å². The number of rotatable bonds is 6. The molecular formula is C35H39N3O4. The van der Waals surface area contributed by atoms with Gasteiger partial charge in [-0.25, -0.2) is 0 Å². The molecule has 0 radical (unpaired) electrons. The summed E-state index contributed by atoms with van der Waals surface area (Å²) < 4.78 is 11.8. The first kappa shape index (κ1) is 27.9. The fourth-order valence-corrected chi connectivity index (χ4v) is 6.47. The molecule has 1 saturated carbocycles.